The molecule has 0 N–H and O–H groups in total. The molecule has 1 atom stereocenters. The van der Waals surface area contributed by atoms with Gasteiger partial charge in [-0.25, -0.2) is 14.7 Å². The minimum Gasteiger partial charge on any atom is -0.497 e. The minimum absolute atomic E-state index is 0.140. The van der Waals surface area contributed by atoms with Crippen LogP contribution in [0.5, 0.6) is 5.75 Å². The highest BCUT2D eigenvalue weighted by Gasteiger charge is 2.38. The molecule has 0 aliphatic carbocycles. The highest BCUT2D eigenvalue weighted by Crippen LogP contribution is 2.36. The van der Waals surface area contributed by atoms with Crippen LogP contribution in [-0.4, -0.2) is 36.1 Å². The van der Waals surface area contributed by atoms with Crippen LogP contribution in [0.25, 0.3) is 5.57 Å². The Hall–Kier alpha value is -4.31. The highest BCUT2D eigenvalue weighted by atomic mass is 32.1. The summed E-state index contributed by atoms with van der Waals surface area (Å²) in [6.07, 6.45) is 0. The SMILES string of the molecule is CCOC(=O)C1=C(C)N=c2s/c(=C3\C(=O)N(C(C)=O)c4ccccc43)c(=O)n2[C@H]1c1ccc(OC)cc1. The molecule has 2 aliphatic rings. The number of aromatic nitrogens is 1. The van der Waals surface area contributed by atoms with E-state index in [-0.39, 0.29) is 22.3 Å². The summed E-state index contributed by atoms with van der Waals surface area (Å²) in [5.41, 5.74) is 1.88. The van der Waals surface area contributed by atoms with Crippen molar-refractivity contribution in [3.63, 3.8) is 0 Å². The molecule has 0 fully saturated rings. The number of esters is 1. The third kappa shape index (κ3) is 3.80. The number of methoxy groups -OCH3 is 1. The molecule has 3 aromatic rings. The van der Waals surface area contributed by atoms with Crippen molar-refractivity contribution in [2.24, 2.45) is 4.99 Å². The number of carbonyl (C=O) groups excluding carboxylic acids is 3. The lowest BCUT2D eigenvalue weighted by Crippen LogP contribution is -2.41. The van der Waals surface area contributed by atoms with E-state index < -0.39 is 29.4 Å². The van der Waals surface area contributed by atoms with Crippen LogP contribution in [0.4, 0.5) is 5.69 Å². The van der Waals surface area contributed by atoms with E-state index in [1.54, 1.807) is 69.5 Å². The summed E-state index contributed by atoms with van der Waals surface area (Å²) < 4.78 is 12.2. The fourth-order valence-electron chi connectivity index (χ4n) is 4.69. The number of nitrogens with zero attached hydrogens (tertiary/aromatic N) is 3. The second-order valence-electron chi connectivity index (χ2n) is 8.45. The first kappa shape index (κ1) is 24.4. The molecule has 2 aromatic carbocycles. The van der Waals surface area contributed by atoms with Gasteiger partial charge < -0.3 is 9.47 Å². The van der Waals surface area contributed by atoms with Crippen molar-refractivity contribution in [1.82, 2.24) is 4.57 Å². The first-order valence-corrected chi connectivity index (χ1v) is 12.4. The Bertz CT molecular complexity index is 1680. The number of rotatable bonds is 4. The third-order valence-electron chi connectivity index (χ3n) is 6.30. The summed E-state index contributed by atoms with van der Waals surface area (Å²) in [7, 11) is 1.55. The van der Waals surface area contributed by atoms with Crippen LogP contribution in [0.3, 0.4) is 0 Å². The summed E-state index contributed by atoms with van der Waals surface area (Å²) in [4.78, 5) is 58.8. The Morgan fingerprint density at radius 2 is 1.78 bits per heavy atom. The molecule has 10 heteroatoms. The van der Waals surface area contributed by atoms with Crippen molar-refractivity contribution in [3.05, 3.63) is 90.6 Å². The fourth-order valence-corrected chi connectivity index (χ4v) is 5.83. The maximum Gasteiger partial charge on any atom is 0.338 e. The van der Waals surface area contributed by atoms with Crippen LogP contribution in [-0.2, 0) is 19.1 Å². The van der Waals surface area contributed by atoms with Crippen LogP contribution < -0.4 is 24.5 Å². The van der Waals surface area contributed by atoms with Gasteiger partial charge in [0.1, 0.15) is 10.3 Å². The Balaban J connectivity index is 1.82. The number of anilines is 1. The number of ether oxygens (including phenoxy) is 2. The molecule has 9 nitrogen and oxygen atoms in total. The number of fused-ring (bicyclic) bond motifs is 2. The van der Waals surface area contributed by atoms with Crippen LogP contribution in [0.2, 0.25) is 0 Å². The smallest absolute Gasteiger partial charge is 0.338 e. The molecule has 0 unspecified atom stereocenters. The lowest BCUT2D eigenvalue weighted by Gasteiger charge is -2.24. The predicted octanol–water partition coefficient (Wildman–Crippen LogP) is 2.07. The molecule has 37 heavy (non-hydrogen) atoms. The number of para-hydroxylation sites is 1. The largest absolute Gasteiger partial charge is 0.497 e. The molecule has 0 spiro atoms. The van der Waals surface area contributed by atoms with E-state index in [0.717, 1.165) is 16.2 Å². The van der Waals surface area contributed by atoms with Gasteiger partial charge in [0.05, 0.1) is 42.3 Å². The standard InChI is InChI=1S/C27H23N3O6S/c1-5-36-26(34)20-14(2)28-27-30(22(20)16-10-12-17(35-4)13-11-16)25(33)23(37-27)21-18-8-6-7-9-19(18)29(15(3)31)24(21)32/h6-13,22H,5H2,1-4H3/b23-21-/t22-/m0/s1. The zero-order chi connectivity index (χ0) is 26.4. The second-order valence-corrected chi connectivity index (χ2v) is 9.43. The Kier molecular flexibility index (Phi) is 6.12. The molecular weight excluding hydrogens is 494 g/mol. The Morgan fingerprint density at radius 3 is 2.43 bits per heavy atom. The molecule has 5 rings (SSSR count). The molecule has 1 aromatic heterocycles. The Morgan fingerprint density at radius 1 is 1.08 bits per heavy atom. The van der Waals surface area contributed by atoms with Gasteiger partial charge >= 0.3 is 5.97 Å². The van der Waals surface area contributed by atoms with Crippen LogP contribution >= 0.6 is 11.3 Å². The second kappa shape index (κ2) is 9.29. The van der Waals surface area contributed by atoms with Crippen molar-refractivity contribution in [2.75, 3.05) is 18.6 Å². The number of hydrogen-bond acceptors (Lipinski definition) is 8. The third-order valence-corrected chi connectivity index (χ3v) is 7.35. The number of thiazole rings is 1. The normalized spacial score (nSPS) is 17.8. The van der Waals surface area contributed by atoms with Crippen LogP contribution in [0, 0.1) is 0 Å². The van der Waals surface area contributed by atoms with Gasteiger partial charge in [-0.05, 0) is 37.6 Å². The molecule has 2 amide bonds. The van der Waals surface area contributed by atoms with Gasteiger partial charge in [0.15, 0.2) is 4.80 Å². The molecule has 3 heterocycles. The summed E-state index contributed by atoms with van der Waals surface area (Å²) in [5, 5.41) is 0. The molecular formula is C27H23N3O6S. The van der Waals surface area contributed by atoms with E-state index in [9.17, 15) is 19.2 Å². The quantitative estimate of drug-likeness (QED) is 0.491. The molecule has 0 saturated heterocycles. The van der Waals surface area contributed by atoms with E-state index in [0.29, 0.717) is 33.1 Å². The monoisotopic (exact) mass is 517 g/mol. The molecule has 0 radical (unpaired) electrons. The van der Waals surface area contributed by atoms with Gasteiger partial charge in [0, 0.05) is 12.5 Å². The summed E-state index contributed by atoms with van der Waals surface area (Å²) >= 11 is 1.05. The van der Waals surface area contributed by atoms with E-state index in [1.807, 2.05) is 0 Å². The first-order valence-electron chi connectivity index (χ1n) is 11.6. The minimum atomic E-state index is -0.828. The number of benzene rings is 2. The summed E-state index contributed by atoms with van der Waals surface area (Å²) in [6.45, 7) is 4.86. The fraction of sp³-hybridized carbons (Fsp3) is 0.222. The van der Waals surface area contributed by atoms with Crippen LogP contribution in [0.1, 0.15) is 37.9 Å². The average Bonchev–Trinajstić information content (AvgIpc) is 3.35. The van der Waals surface area contributed by atoms with Crippen molar-refractivity contribution in [2.45, 2.75) is 26.8 Å². The number of hydrogen-bond donors (Lipinski definition) is 0. The zero-order valence-corrected chi connectivity index (χ0v) is 21.4. The lowest BCUT2D eigenvalue weighted by atomic mass is 9.96. The molecule has 0 saturated carbocycles. The summed E-state index contributed by atoms with van der Waals surface area (Å²) in [5.74, 6) is -0.972. The van der Waals surface area contributed by atoms with Crippen molar-refractivity contribution in [3.8, 4) is 5.75 Å². The maximum absolute atomic E-state index is 14.0. The predicted molar refractivity (Wildman–Crippen MR) is 137 cm³/mol. The highest BCUT2D eigenvalue weighted by molar-refractivity contribution is 7.07. The van der Waals surface area contributed by atoms with Gasteiger partial charge in [0.25, 0.3) is 11.5 Å². The number of allylic oxidation sites excluding steroid dienone is 1. The Labute approximate surface area is 215 Å². The van der Waals surface area contributed by atoms with Crippen molar-refractivity contribution < 1.29 is 23.9 Å². The number of imide groups is 1. The number of amides is 2. The first-order chi connectivity index (χ1) is 17.8. The molecule has 0 bridgehead atoms. The average molecular weight is 518 g/mol. The molecule has 188 valence electrons. The van der Waals surface area contributed by atoms with E-state index in [4.69, 9.17) is 9.47 Å². The lowest BCUT2D eigenvalue weighted by molar-refractivity contribution is -0.139. The van der Waals surface area contributed by atoms with E-state index >= 15 is 0 Å². The van der Waals surface area contributed by atoms with E-state index in [2.05, 4.69) is 4.99 Å². The van der Waals surface area contributed by atoms with Gasteiger partial charge in [0.2, 0.25) is 5.91 Å². The molecule has 2 aliphatic heterocycles. The van der Waals surface area contributed by atoms with Crippen molar-refractivity contribution in [1.29, 1.82) is 0 Å². The van der Waals surface area contributed by atoms with Gasteiger partial charge in [-0.2, -0.15) is 0 Å². The van der Waals surface area contributed by atoms with Crippen LogP contribution in [0.15, 0.2) is 69.6 Å². The number of carbonyl (C=O) groups is 3. The van der Waals surface area contributed by atoms with Crippen molar-refractivity contribution >= 4 is 40.4 Å². The topological polar surface area (TPSA) is 107 Å². The van der Waals surface area contributed by atoms with Gasteiger partial charge in [-0.15, -0.1) is 0 Å². The van der Waals surface area contributed by atoms with Gasteiger partial charge in [-0.1, -0.05) is 41.7 Å². The maximum atomic E-state index is 14.0. The zero-order valence-electron chi connectivity index (χ0n) is 20.6. The van der Waals surface area contributed by atoms with E-state index in [1.165, 1.54) is 11.5 Å². The summed E-state index contributed by atoms with van der Waals surface area (Å²) in [6, 6.07) is 13.1. The van der Waals surface area contributed by atoms with Gasteiger partial charge in [-0.3, -0.25) is 19.0 Å².